The van der Waals surface area contributed by atoms with Crippen LogP contribution in [0.25, 0.3) is 0 Å². The Balaban J connectivity index is 2.73. The quantitative estimate of drug-likeness (QED) is 0.704. The number of hydrogen-bond donors (Lipinski definition) is 1. The van der Waals surface area contributed by atoms with Crippen LogP contribution < -0.4 is 0 Å². The Kier molecular flexibility index (Phi) is 4.00. The molecule has 0 bridgehead atoms. The fraction of sp³-hybridized carbons (Fsp3) is 0.333. The van der Waals surface area contributed by atoms with E-state index in [0.717, 1.165) is 5.56 Å². The number of aliphatic hydroxyl groups excluding tert-OH is 1. The Hall–Kier alpha value is -0.970. The molecule has 1 nitrogen and oxygen atoms in total. The molecule has 1 aromatic rings. The summed E-state index contributed by atoms with van der Waals surface area (Å²) >= 11 is 5.73. The lowest BCUT2D eigenvalue weighted by Gasteiger charge is -2.05. The van der Waals surface area contributed by atoms with Crippen molar-refractivity contribution >= 4 is 11.6 Å². The second-order valence-electron chi connectivity index (χ2n) is 3.47. The molecule has 0 fully saturated rings. The number of aliphatic hydroxyl groups is 1. The third-order valence-corrected chi connectivity index (χ3v) is 2.09. The molecular formula is C12H13ClO. The van der Waals surface area contributed by atoms with Gasteiger partial charge in [-0.3, -0.25) is 0 Å². The minimum atomic E-state index is -0.564. The largest absolute Gasteiger partial charge is 0.380 e. The molecule has 0 saturated carbocycles. The summed E-state index contributed by atoms with van der Waals surface area (Å²) in [5.41, 5.74) is 0.870. The first-order valence-corrected chi connectivity index (χ1v) is 4.92. The van der Waals surface area contributed by atoms with Crippen molar-refractivity contribution in [2.45, 2.75) is 20.0 Å². The van der Waals surface area contributed by atoms with Crippen molar-refractivity contribution < 1.29 is 5.11 Å². The maximum Gasteiger partial charge on any atom is 0.117 e. The zero-order chi connectivity index (χ0) is 10.6. The molecule has 0 amide bonds. The van der Waals surface area contributed by atoms with Crippen LogP contribution in [-0.2, 0) is 0 Å². The van der Waals surface area contributed by atoms with E-state index in [1.165, 1.54) is 0 Å². The van der Waals surface area contributed by atoms with E-state index in [4.69, 9.17) is 11.6 Å². The summed E-state index contributed by atoms with van der Waals surface area (Å²) in [6.07, 6.45) is -0.564. The molecule has 1 unspecified atom stereocenters. The van der Waals surface area contributed by atoms with E-state index in [2.05, 4.69) is 11.8 Å². The zero-order valence-electron chi connectivity index (χ0n) is 8.29. The van der Waals surface area contributed by atoms with Gasteiger partial charge in [0.2, 0.25) is 0 Å². The first-order valence-electron chi connectivity index (χ1n) is 4.55. The predicted octanol–water partition coefficient (Wildman–Crippen LogP) is 2.71. The number of benzene rings is 1. The molecule has 0 radical (unpaired) electrons. The highest BCUT2D eigenvalue weighted by Gasteiger charge is 2.03. The smallest absolute Gasteiger partial charge is 0.117 e. The van der Waals surface area contributed by atoms with Crippen LogP contribution in [0.2, 0.25) is 5.02 Å². The SMILES string of the molecule is CC(C)C(O)C#Cc1ccc(Cl)cc1. The van der Waals surface area contributed by atoms with Gasteiger partial charge in [-0.15, -0.1) is 0 Å². The Morgan fingerprint density at radius 1 is 1.21 bits per heavy atom. The fourth-order valence-corrected chi connectivity index (χ4v) is 0.983. The van der Waals surface area contributed by atoms with Crippen LogP contribution in [0.5, 0.6) is 0 Å². The van der Waals surface area contributed by atoms with Gasteiger partial charge in [-0.25, -0.2) is 0 Å². The van der Waals surface area contributed by atoms with Gasteiger partial charge in [0.25, 0.3) is 0 Å². The highest BCUT2D eigenvalue weighted by Crippen LogP contribution is 2.08. The van der Waals surface area contributed by atoms with Gasteiger partial charge in [0, 0.05) is 10.6 Å². The van der Waals surface area contributed by atoms with Crippen molar-refractivity contribution in [3.8, 4) is 11.8 Å². The summed E-state index contributed by atoms with van der Waals surface area (Å²) in [6, 6.07) is 7.24. The number of rotatable bonds is 1. The van der Waals surface area contributed by atoms with Crippen LogP contribution in [0.4, 0.5) is 0 Å². The molecule has 0 aliphatic rings. The summed E-state index contributed by atoms with van der Waals surface area (Å²) < 4.78 is 0. The number of halogens is 1. The summed E-state index contributed by atoms with van der Waals surface area (Å²) in [5, 5.41) is 10.1. The van der Waals surface area contributed by atoms with Crippen molar-refractivity contribution in [3.05, 3.63) is 34.9 Å². The third-order valence-electron chi connectivity index (χ3n) is 1.84. The van der Waals surface area contributed by atoms with E-state index in [-0.39, 0.29) is 5.92 Å². The van der Waals surface area contributed by atoms with Crippen LogP contribution in [-0.4, -0.2) is 11.2 Å². The lowest BCUT2D eigenvalue weighted by atomic mass is 10.1. The monoisotopic (exact) mass is 208 g/mol. The van der Waals surface area contributed by atoms with Crippen molar-refractivity contribution in [1.82, 2.24) is 0 Å². The maximum absolute atomic E-state index is 9.44. The topological polar surface area (TPSA) is 20.2 Å². The second-order valence-corrected chi connectivity index (χ2v) is 3.90. The standard InChI is InChI=1S/C12H13ClO/c1-9(2)12(14)8-5-10-3-6-11(13)7-4-10/h3-4,6-7,9,12,14H,1-2H3. The van der Waals surface area contributed by atoms with Gasteiger partial charge in [-0.2, -0.15) is 0 Å². The first kappa shape index (κ1) is 11.1. The van der Waals surface area contributed by atoms with Gasteiger partial charge in [0.1, 0.15) is 6.10 Å². The van der Waals surface area contributed by atoms with E-state index in [0.29, 0.717) is 5.02 Å². The van der Waals surface area contributed by atoms with Gasteiger partial charge in [-0.1, -0.05) is 37.3 Å². The minimum absolute atomic E-state index is 0.162. The molecule has 1 aromatic carbocycles. The number of hydrogen-bond acceptors (Lipinski definition) is 1. The third kappa shape index (κ3) is 3.41. The van der Waals surface area contributed by atoms with Crippen LogP contribution in [0.3, 0.4) is 0 Å². The van der Waals surface area contributed by atoms with E-state index in [9.17, 15) is 5.11 Å². The van der Waals surface area contributed by atoms with Gasteiger partial charge in [0.15, 0.2) is 0 Å². The van der Waals surface area contributed by atoms with E-state index >= 15 is 0 Å². The molecule has 0 saturated heterocycles. The van der Waals surface area contributed by atoms with Crippen LogP contribution >= 0.6 is 11.6 Å². The Morgan fingerprint density at radius 3 is 2.29 bits per heavy atom. The molecule has 1 atom stereocenters. The molecule has 0 aromatic heterocycles. The van der Waals surface area contributed by atoms with E-state index in [1.54, 1.807) is 12.1 Å². The highest BCUT2D eigenvalue weighted by atomic mass is 35.5. The average Bonchev–Trinajstić information content (AvgIpc) is 2.16. The second kappa shape index (κ2) is 5.05. The highest BCUT2D eigenvalue weighted by molar-refractivity contribution is 6.30. The van der Waals surface area contributed by atoms with Gasteiger partial charge < -0.3 is 5.11 Å². The van der Waals surface area contributed by atoms with E-state index in [1.807, 2.05) is 26.0 Å². The molecule has 0 aliphatic carbocycles. The molecular weight excluding hydrogens is 196 g/mol. The van der Waals surface area contributed by atoms with Crippen LogP contribution in [0.1, 0.15) is 19.4 Å². The van der Waals surface area contributed by atoms with Crippen molar-refractivity contribution in [1.29, 1.82) is 0 Å². The molecule has 1 N–H and O–H groups in total. The lowest BCUT2D eigenvalue weighted by molar-refractivity contribution is 0.181. The van der Waals surface area contributed by atoms with Crippen molar-refractivity contribution in [2.24, 2.45) is 5.92 Å². The molecule has 2 heteroatoms. The van der Waals surface area contributed by atoms with Gasteiger partial charge in [0.05, 0.1) is 0 Å². The first-order chi connectivity index (χ1) is 6.59. The molecule has 0 aliphatic heterocycles. The molecule has 0 heterocycles. The van der Waals surface area contributed by atoms with Gasteiger partial charge >= 0.3 is 0 Å². The fourth-order valence-electron chi connectivity index (χ4n) is 0.857. The normalized spacial score (nSPS) is 12.1. The van der Waals surface area contributed by atoms with E-state index < -0.39 is 6.10 Å². The van der Waals surface area contributed by atoms with Crippen LogP contribution in [0, 0.1) is 17.8 Å². The Bertz CT molecular complexity index is 343. The molecule has 74 valence electrons. The summed E-state index contributed by atoms with van der Waals surface area (Å²) in [4.78, 5) is 0. The van der Waals surface area contributed by atoms with Gasteiger partial charge in [-0.05, 0) is 30.2 Å². The lowest BCUT2D eigenvalue weighted by Crippen LogP contribution is -2.11. The van der Waals surface area contributed by atoms with Crippen molar-refractivity contribution in [3.63, 3.8) is 0 Å². The minimum Gasteiger partial charge on any atom is -0.380 e. The average molecular weight is 209 g/mol. The van der Waals surface area contributed by atoms with Crippen LogP contribution in [0.15, 0.2) is 24.3 Å². The molecule has 0 spiro atoms. The predicted molar refractivity (Wildman–Crippen MR) is 59.2 cm³/mol. The summed E-state index contributed by atoms with van der Waals surface area (Å²) in [7, 11) is 0. The molecule has 1 rings (SSSR count). The maximum atomic E-state index is 9.44. The Labute approximate surface area is 89.7 Å². The summed E-state index contributed by atoms with van der Waals surface area (Å²) in [5.74, 6) is 5.84. The Morgan fingerprint density at radius 2 is 1.79 bits per heavy atom. The van der Waals surface area contributed by atoms with Crippen molar-refractivity contribution in [2.75, 3.05) is 0 Å². The zero-order valence-corrected chi connectivity index (χ0v) is 9.05. The molecule has 14 heavy (non-hydrogen) atoms. The summed E-state index contributed by atoms with van der Waals surface area (Å²) in [6.45, 7) is 3.86.